The number of carbonyl (C=O) groups is 1. The van der Waals surface area contributed by atoms with Crippen molar-refractivity contribution in [2.24, 2.45) is 0 Å². The molecule has 2 unspecified atom stereocenters. The Balaban J connectivity index is 1.93. The Bertz CT molecular complexity index is 181. The minimum atomic E-state index is -0.160. The summed E-state index contributed by atoms with van der Waals surface area (Å²) in [5.74, 6) is -0.160. The Kier molecular flexibility index (Phi) is 4.90. The van der Waals surface area contributed by atoms with Gasteiger partial charge >= 0.3 is 5.97 Å². The molecule has 4 heteroatoms. The lowest BCUT2D eigenvalue weighted by Crippen LogP contribution is -2.11. The predicted octanol–water partition coefficient (Wildman–Crippen LogP) is 1.13. The number of hydrogen-bond acceptors (Lipinski definition) is 4. The topological polar surface area (TPSA) is 48.1 Å². The van der Waals surface area contributed by atoms with E-state index in [0.29, 0.717) is 25.7 Å². The molecular weight excluding hydrogens is 184 g/mol. The van der Waals surface area contributed by atoms with Crippen molar-refractivity contribution in [2.75, 3.05) is 20.3 Å². The van der Waals surface area contributed by atoms with Crippen LogP contribution in [0.4, 0.5) is 0 Å². The number of ether oxygens (including phenoxy) is 3. The molecular formula is C10H18O4. The third-order valence-electron chi connectivity index (χ3n) is 2.23. The number of hydrogen-bond donors (Lipinski definition) is 0. The SMILES string of the molecule is CCC1OC1COC(=O)CCCOC. The number of methoxy groups -OCH3 is 1. The maximum atomic E-state index is 11.1. The van der Waals surface area contributed by atoms with Gasteiger partial charge in [-0.1, -0.05) is 6.92 Å². The number of carbonyl (C=O) groups excluding carboxylic acids is 1. The monoisotopic (exact) mass is 202 g/mol. The first-order valence-corrected chi connectivity index (χ1v) is 5.08. The van der Waals surface area contributed by atoms with Crippen molar-refractivity contribution in [3.63, 3.8) is 0 Å². The molecule has 1 aliphatic heterocycles. The predicted molar refractivity (Wildman–Crippen MR) is 51.0 cm³/mol. The molecule has 0 saturated carbocycles. The lowest BCUT2D eigenvalue weighted by atomic mass is 10.3. The van der Waals surface area contributed by atoms with E-state index < -0.39 is 0 Å². The van der Waals surface area contributed by atoms with Crippen molar-refractivity contribution in [1.29, 1.82) is 0 Å². The van der Waals surface area contributed by atoms with E-state index in [1.165, 1.54) is 0 Å². The summed E-state index contributed by atoms with van der Waals surface area (Å²) < 4.78 is 15.1. The summed E-state index contributed by atoms with van der Waals surface area (Å²) in [6.45, 7) is 3.07. The van der Waals surface area contributed by atoms with Crippen molar-refractivity contribution in [2.45, 2.75) is 38.4 Å². The van der Waals surface area contributed by atoms with Gasteiger partial charge in [0.05, 0.1) is 6.10 Å². The highest BCUT2D eigenvalue weighted by Gasteiger charge is 2.37. The zero-order valence-electron chi connectivity index (χ0n) is 8.82. The maximum Gasteiger partial charge on any atom is 0.305 e. The van der Waals surface area contributed by atoms with Crippen molar-refractivity contribution in [3.05, 3.63) is 0 Å². The quantitative estimate of drug-likeness (QED) is 0.353. The molecule has 0 aliphatic carbocycles. The standard InChI is InChI=1S/C10H18O4/c1-3-8-9(14-8)7-13-10(11)5-4-6-12-2/h8-9H,3-7H2,1-2H3. The Morgan fingerprint density at radius 1 is 1.43 bits per heavy atom. The van der Waals surface area contributed by atoms with E-state index in [1.807, 2.05) is 0 Å². The molecule has 0 amide bonds. The van der Waals surface area contributed by atoms with Gasteiger partial charge < -0.3 is 14.2 Å². The van der Waals surface area contributed by atoms with E-state index in [4.69, 9.17) is 14.2 Å². The lowest BCUT2D eigenvalue weighted by molar-refractivity contribution is -0.144. The van der Waals surface area contributed by atoms with E-state index in [-0.39, 0.29) is 12.1 Å². The Hall–Kier alpha value is -0.610. The van der Waals surface area contributed by atoms with E-state index in [0.717, 1.165) is 12.8 Å². The molecule has 14 heavy (non-hydrogen) atoms. The molecule has 4 nitrogen and oxygen atoms in total. The zero-order valence-corrected chi connectivity index (χ0v) is 8.82. The first-order valence-electron chi connectivity index (χ1n) is 5.08. The third-order valence-corrected chi connectivity index (χ3v) is 2.23. The van der Waals surface area contributed by atoms with Crippen LogP contribution < -0.4 is 0 Å². The minimum Gasteiger partial charge on any atom is -0.463 e. The van der Waals surface area contributed by atoms with Crippen molar-refractivity contribution >= 4 is 5.97 Å². The van der Waals surface area contributed by atoms with Crippen LogP contribution in [0.15, 0.2) is 0 Å². The van der Waals surface area contributed by atoms with Crippen molar-refractivity contribution < 1.29 is 19.0 Å². The van der Waals surface area contributed by atoms with Crippen LogP contribution in [0.3, 0.4) is 0 Å². The largest absolute Gasteiger partial charge is 0.463 e. The highest BCUT2D eigenvalue weighted by molar-refractivity contribution is 5.69. The Morgan fingerprint density at radius 2 is 2.21 bits per heavy atom. The average Bonchev–Trinajstić information content (AvgIpc) is 2.94. The average molecular weight is 202 g/mol. The van der Waals surface area contributed by atoms with E-state index in [1.54, 1.807) is 7.11 Å². The van der Waals surface area contributed by atoms with Gasteiger partial charge in [0.2, 0.25) is 0 Å². The smallest absolute Gasteiger partial charge is 0.305 e. The van der Waals surface area contributed by atoms with Gasteiger partial charge in [0.15, 0.2) is 0 Å². The molecule has 1 heterocycles. The zero-order chi connectivity index (χ0) is 10.4. The van der Waals surface area contributed by atoms with Crippen LogP contribution in [0, 0.1) is 0 Å². The molecule has 0 aromatic carbocycles. The summed E-state index contributed by atoms with van der Waals surface area (Å²) in [4.78, 5) is 11.1. The van der Waals surface area contributed by atoms with Gasteiger partial charge in [0, 0.05) is 20.1 Å². The van der Waals surface area contributed by atoms with Crippen LogP contribution in [-0.4, -0.2) is 38.5 Å². The molecule has 1 rings (SSSR count). The summed E-state index contributed by atoms with van der Waals surface area (Å²) in [6.07, 6.45) is 2.59. The van der Waals surface area contributed by atoms with E-state index in [9.17, 15) is 4.79 Å². The normalized spacial score (nSPS) is 24.7. The second kappa shape index (κ2) is 5.98. The second-order valence-electron chi connectivity index (χ2n) is 3.40. The fourth-order valence-electron chi connectivity index (χ4n) is 1.29. The fraction of sp³-hybridized carbons (Fsp3) is 0.900. The van der Waals surface area contributed by atoms with Gasteiger partial charge in [-0.3, -0.25) is 4.79 Å². The van der Waals surface area contributed by atoms with Crippen molar-refractivity contribution in [3.8, 4) is 0 Å². The van der Waals surface area contributed by atoms with Gasteiger partial charge in [-0.15, -0.1) is 0 Å². The highest BCUT2D eigenvalue weighted by atomic mass is 16.6. The van der Waals surface area contributed by atoms with E-state index >= 15 is 0 Å². The molecule has 0 spiro atoms. The Labute approximate surface area is 84.5 Å². The van der Waals surface area contributed by atoms with Crippen LogP contribution in [0.2, 0.25) is 0 Å². The minimum absolute atomic E-state index is 0.145. The van der Waals surface area contributed by atoms with E-state index in [2.05, 4.69) is 6.92 Å². The van der Waals surface area contributed by atoms with Crippen LogP contribution in [-0.2, 0) is 19.0 Å². The molecule has 0 aromatic heterocycles. The molecule has 1 fully saturated rings. The fourth-order valence-corrected chi connectivity index (χ4v) is 1.29. The summed E-state index contributed by atoms with van der Waals surface area (Å²) in [7, 11) is 1.62. The number of epoxide rings is 1. The van der Waals surface area contributed by atoms with Crippen LogP contribution in [0.5, 0.6) is 0 Å². The third kappa shape index (κ3) is 4.07. The van der Waals surface area contributed by atoms with Gasteiger partial charge in [0.25, 0.3) is 0 Å². The first-order chi connectivity index (χ1) is 6.77. The summed E-state index contributed by atoms with van der Waals surface area (Å²) >= 11 is 0. The summed E-state index contributed by atoms with van der Waals surface area (Å²) in [5, 5.41) is 0. The second-order valence-corrected chi connectivity index (χ2v) is 3.40. The molecule has 0 N–H and O–H groups in total. The molecule has 0 bridgehead atoms. The molecule has 0 radical (unpaired) electrons. The van der Waals surface area contributed by atoms with Crippen LogP contribution in [0.25, 0.3) is 0 Å². The van der Waals surface area contributed by atoms with Gasteiger partial charge in [-0.05, 0) is 12.8 Å². The molecule has 2 atom stereocenters. The van der Waals surface area contributed by atoms with Gasteiger partial charge in [-0.2, -0.15) is 0 Å². The number of esters is 1. The summed E-state index contributed by atoms with van der Waals surface area (Å²) in [6, 6.07) is 0. The van der Waals surface area contributed by atoms with Crippen LogP contribution >= 0.6 is 0 Å². The first kappa shape index (κ1) is 11.5. The molecule has 0 aromatic rings. The van der Waals surface area contributed by atoms with Crippen molar-refractivity contribution in [1.82, 2.24) is 0 Å². The highest BCUT2D eigenvalue weighted by Crippen LogP contribution is 2.24. The molecule has 1 aliphatic rings. The van der Waals surface area contributed by atoms with Gasteiger partial charge in [0.1, 0.15) is 12.7 Å². The maximum absolute atomic E-state index is 11.1. The molecule has 1 saturated heterocycles. The Morgan fingerprint density at radius 3 is 2.79 bits per heavy atom. The van der Waals surface area contributed by atoms with Crippen LogP contribution in [0.1, 0.15) is 26.2 Å². The lowest BCUT2D eigenvalue weighted by Gasteiger charge is -2.01. The van der Waals surface area contributed by atoms with Gasteiger partial charge in [-0.25, -0.2) is 0 Å². The molecule has 82 valence electrons. The summed E-state index contributed by atoms with van der Waals surface area (Å²) in [5.41, 5.74) is 0. The number of rotatable bonds is 7.